The van der Waals surface area contributed by atoms with Crippen LogP contribution in [0.3, 0.4) is 0 Å². The Bertz CT molecular complexity index is 1070. The van der Waals surface area contributed by atoms with Crippen LogP contribution in [-0.2, 0) is 13.0 Å². The van der Waals surface area contributed by atoms with Crippen molar-refractivity contribution in [3.63, 3.8) is 0 Å². The fraction of sp³-hybridized carbons (Fsp3) is 0.273. The maximum absolute atomic E-state index is 13.7. The maximum Gasteiger partial charge on any atom is 0.322 e. The molecule has 3 aromatic rings. The number of nitrogens with one attached hydrogen (secondary N) is 1. The molecule has 8 heteroatoms. The maximum atomic E-state index is 13.7. The molecule has 30 heavy (non-hydrogen) atoms. The first-order valence-electron chi connectivity index (χ1n) is 9.52. The molecule has 1 aliphatic heterocycles. The predicted molar refractivity (Wildman–Crippen MR) is 107 cm³/mol. The molecule has 1 aliphatic rings. The van der Waals surface area contributed by atoms with E-state index < -0.39 is 17.7 Å². The summed E-state index contributed by atoms with van der Waals surface area (Å²) in [4.78, 5) is 14.5. The van der Waals surface area contributed by atoms with Crippen LogP contribution in [-0.4, -0.2) is 29.2 Å². The normalized spacial score (nSPS) is 15.6. The summed E-state index contributed by atoms with van der Waals surface area (Å²) in [5, 5.41) is 6.84. The van der Waals surface area contributed by atoms with Crippen molar-refractivity contribution in [1.82, 2.24) is 10.1 Å². The molecule has 0 spiro atoms. The van der Waals surface area contributed by atoms with E-state index in [0.29, 0.717) is 12.2 Å². The summed E-state index contributed by atoms with van der Waals surface area (Å²) in [6.07, 6.45) is 0.527. The Hall–Kier alpha value is -3.42. The molecule has 0 aliphatic carbocycles. The highest BCUT2D eigenvalue weighted by Crippen LogP contribution is 2.33. The fourth-order valence-electron chi connectivity index (χ4n) is 3.62. The lowest BCUT2D eigenvalue weighted by molar-refractivity contribution is 0.182. The van der Waals surface area contributed by atoms with Crippen molar-refractivity contribution in [3.05, 3.63) is 64.9 Å². The number of ether oxygens (including phenoxy) is 1. The first-order valence-corrected chi connectivity index (χ1v) is 9.52. The number of rotatable bonds is 3. The second kappa shape index (κ2) is 7.78. The van der Waals surface area contributed by atoms with Crippen LogP contribution in [0.2, 0.25) is 0 Å². The van der Waals surface area contributed by atoms with E-state index in [1.807, 2.05) is 31.2 Å². The van der Waals surface area contributed by atoms with Crippen molar-refractivity contribution in [2.45, 2.75) is 32.9 Å². The van der Waals surface area contributed by atoms with Gasteiger partial charge in [-0.3, -0.25) is 0 Å². The molecule has 156 valence electrons. The zero-order valence-electron chi connectivity index (χ0n) is 16.8. The summed E-state index contributed by atoms with van der Waals surface area (Å²) >= 11 is 0. The number of amides is 2. The summed E-state index contributed by atoms with van der Waals surface area (Å²) < 4.78 is 38.0. The Balaban J connectivity index is 1.58. The van der Waals surface area contributed by atoms with E-state index in [4.69, 9.17) is 9.26 Å². The fourth-order valence-corrected chi connectivity index (χ4v) is 3.62. The summed E-state index contributed by atoms with van der Waals surface area (Å²) in [7, 11) is 1.59. The van der Waals surface area contributed by atoms with Gasteiger partial charge in [-0.05, 0) is 49.7 Å². The third-order valence-corrected chi connectivity index (χ3v) is 5.29. The Kier molecular flexibility index (Phi) is 5.15. The van der Waals surface area contributed by atoms with E-state index in [1.165, 1.54) is 13.0 Å². The van der Waals surface area contributed by atoms with Gasteiger partial charge in [0.1, 0.15) is 5.75 Å². The van der Waals surface area contributed by atoms with Crippen LogP contribution in [0, 0.1) is 18.6 Å². The van der Waals surface area contributed by atoms with Gasteiger partial charge >= 0.3 is 6.03 Å². The minimum Gasteiger partial charge on any atom is -0.497 e. The third-order valence-electron chi connectivity index (χ3n) is 5.29. The quantitative estimate of drug-likeness (QED) is 0.662. The van der Waals surface area contributed by atoms with Gasteiger partial charge in [-0.15, -0.1) is 0 Å². The Morgan fingerprint density at radius 3 is 2.67 bits per heavy atom. The standard InChI is InChI=1S/C22H21F2N3O3/c1-12-8-15(10-18(23)20(12)24)25-22(28)27-11-17-19(9-13(27)2)26-30-21(17)14-4-6-16(29-3)7-5-14/h4-8,10,13H,9,11H2,1-3H3,(H,25,28)/t13-/m0/s1. The highest BCUT2D eigenvalue weighted by atomic mass is 19.2. The summed E-state index contributed by atoms with van der Waals surface area (Å²) in [6.45, 7) is 3.64. The Labute approximate surface area is 172 Å². The molecule has 0 saturated carbocycles. The Morgan fingerprint density at radius 1 is 1.27 bits per heavy atom. The lowest BCUT2D eigenvalue weighted by atomic mass is 9.97. The van der Waals surface area contributed by atoms with Crippen molar-refractivity contribution in [2.24, 2.45) is 0 Å². The van der Waals surface area contributed by atoms with Crippen LogP contribution in [0.4, 0.5) is 19.3 Å². The number of hydrogen-bond acceptors (Lipinski definition) is 4. The minimum atomic E-state index is -1.000. The van der Waals surface area contributed by atoms with E-state index in [0.717, 1.165) is 28.6 Å². The van der Waals surface area contributed by atoms with Gasteiger partial charge in [0.25, 0.3) is 0 Å². The Morgan fingerprint density at radius 2 is 2.00 bits per heavy atom. The molecule has 4 rings (SSSR count). The largest absolute Gasteiger partial charge is 0.497 e. The van der Waals surface area contributed by atoms with Crippen LogP contribution in [0.25, 0.3) is 11.3 Å². The van der Waals surface area contributed by atoms with Gasteiger partial charge in [-0.2, -0.15) is 0 Å². The van der Waals surface area contributed by atoms with Crippen molar-refractivity contribution >= 4 is 11.7 Å². The molecule has 1 atom stereocenters. The number of anilines is 1. The zero-order chi connectivity index (χ0) is 21.4. The number of aryl methyl sites for hydroxylation is 1. The number of methoxy groups -OCH3 is 1. The molecule has 2 heterocycles. The molecule has 1 aromatic heterocycles. The average molecular weight is 413 g/mol. The molecule has 2 amide bonds. The molecule has 6 nitrogen and oxygen atoms in total. The number of carbonyl (C=O) groups excluding carboxylic acids is 1. The number of aromatic nitrogens is 1. The molecule has 0 fully saturated rings. The molecular weight excluding hydrogens is 392 g/mol. The number of halogens is 2. The van der Waals surface area contributed by atoms with Gasteiger partial charge in [-0.1, -0.05) is 5.16 Å². The monoisotopic (exact) mass is 413 g/mol. The van der Waals surface area contributed by atoms with Crippen LogP contribution in [0.1, 0.15) is 23.7 Å². The van der Waals surface area contributed by atoms with Crippen molar-refractivity contribution in [1.29, 1.82) is 0 Å². The van der Waals surface area contributed by atoms with E-state index in [1.54, 1.807) is 12.0 Å². The number of carbonyl (C=O) groups is 1. The average Bonchev–Trinajstić information content (AvgIpc) is 3.14. The van der Waals surface area contributed by atoms with Gasteiger partial charge in [0.15, 0.2) is 17.4 Å². The number of hydrogen-bond donors (Lipinski definition) is 1. The predicted octanol–water partition coefficient (Wildman–Crippen LogP) is 4.92. The van der Waals surface area contributed by atoms with Gasteiger partial charge in [0, 0.05) is 35.3 Å². The number of nitrogens with zero attached hydrogens (tertiary/aromatic N) is 2. The molecule has 0 saturated heterocycles. The van der Waals surface area contributed by atoms with Gasteiger partial charge in [0.05, 0.1) is 19.3 Å². The lowest BCUT2D eigenvalue weighted by Crippen LogP contribution is -2.44. The summed E-state index contributed by atoms with van der Waals surface area (Å²) in [6, 6.07) is 9.22. The van der Waals surface area contributed by atoms with Crippen molar-refractivity contribution < 1.29 is 22.8 Å². The van der Waals surface area contributed by atoms with Crippen LogP contribution < -0.4 is 10.1 Å². The second-order valence-corrected chi connectivity index (χ2v) is 7.37. The number of benzene rings is 2. The highest BCUT2D eigenvalue weighted by Gasteiger charge is 2.32. The summed E-state index contributed by atoms with van der Waals surface area (Å²) in [5.74, 6) is -0.595. The molecular formula is C22H21F2N3O3. The third kappa shape index (κ3) is 3.60. The van der Waals surface area contributed by atoms with E-state index in [-0.39, 0.29) is 23.8 Å². The van der Waals surface area contributed by atoms with Crippen LogP contribution >= 0.6 is 0 Å². The smallest absolute Gasteiger partial charge is 0.322 e. The SMILES string of the molecule is COc1ccc(-c2onc3c2CN(C(=O)Nc2cc(C)c(F)c(F)c2)[C@@H](C)C3)cc1. The number of urea groups is 1. The minimum absolute atomic E-state index is 0.125. The van der Waals surface area contributed by atoms with Crippen LogP contribution in [0.15, 0.2) is 40.9 Å². The highest BCUT2D eigenvalue weighted by molar-refractivity contribution is 5.90. The second-order valence-electron chi connectivity index (χ2n) is 7.37. The first kappa shape index (κ1) is 19.9. The molecule has 0 radical (unpaired) electrons. The topological polar surface area (TPSA) is 67.6 Å². The molecule has 0 unspecified atom stereocenters. The van der Waals surface area contributed by atoms with Gasteiger partial charge < -0.3 is 19.5 Å². The van der Waals surface area contributed by atoms with Crippen LogP contribution in [0.5, 0.6) is 5.75 Å². The van der Waals surface area contributed by atoms with Crippen molar-refractivity contribution in [3.8, 4) is 17.1 Å². The lowest BCUT2D eigenvalue weighted by Gasteiger charge is -2.32. The zero-order valence-corrected chi connectivity index (χ0v) is 16.8. The van der Waals surface area contributed by atoms with Gasteiger partial charge in [-0.25, -0.2) is 13.6 Å². The first-order chi connectivity index (χ1) is 14.4. The summed E-state index contributed by atoms with van der Waals surface area (Å²) in [5.41, 5.74) is 2.79. The molecule has 2 aromatic carbocycles. The molecule has 1 N–H and O–H groups in total. The van der Waals surface area contributed by atoms with E-state index in [2.05, 4.69) is 10.5 Å². The van der Waals surface area contributed by atoms with Gasteiger partial charge in [0.2, 0.25) is 0 Å². The van der Waals surface area contributed by atoms with E-state index >= 15 is 0 Å². The number of fused-ring (bicyclic) bond motifs is 1. The molecule has 0 bridgehead atoms. The van der Waals surface area contributed by atoms with Crippen molar-refractivity contribution in [2.75, 3.05) is 12.4 Å². The van der Waals surface area contributed by atoms with E-state index in [9.17, 15) is 13.6 Å².